The maximum absolute atomic E-state index is 6.02. The van der Waals surface area contributed by atoms with Crippen molar-refractivity contribution in [3.8, 4) is 5.69 Å². The van der Waals surface area contributed by atoms with E-state index in [1.165, 1.54) is 5.56 Å². The molecule has 1 aromatic heterocycles. The topological polar surface area (TPSA) is 55.0 Å². The first-order valence-electron chi connectivity index (χ1n) is 10.1. The van der Waals surface area contributed by atoms with Gasteiger partial charge in [-0.15, -0.1) is 0 Å². The van der Waals surface area contributed by atoms with Gasteiger partial charge in [0.25, 0.3) is 6.02 Å². The molecular formula is C23H23N5O. The molecule has 2 aliphatic heterocycles. The fraction of sp³-hybridized carbons (Fsp3) is 0.261. The highest BCUT2D eigenvalue weighted by Crippen LogP contribution is 2.32. The minimum absolute atomic E-state index is 0.161. The van der Waals surface area contributed by atoms with E-state index in [0.29, 0.717) is 12.6 Å². The minimum Gasteiger partial charge on any atom is -0.465 e. The summed E-state index contributed by atoms with van der Waals surface area (Å²) in [5.74, 6) is 1.68. The van der Waals surface area contributed by atoms with Gasteiger partial charge in [0.2, 0.25) is 0 Å². The van der Waals surface area contributed by atoms with E-state index in [1.807, 2.05) is 47.3 Å². The van der Waals surface area contributed by atoms with Crippen molar-refractivity contribution < 1.29 is 4.74 Å². The molecule has 5 rings (SSSR count). The fourth-order valence-electron chi connectivity index (χ4n) is 3.78. The molecular weight excluding hydrogens is 362 g/mol. The number of aromatic nitrogens is 2. The Labute approximate surface area is 170 Å². The van der Waals surface area contributed by atoms with Gasteiger partial charge in [-0.25, -0.2) is 4.68 Å². The van der Waals surface area contributed by atoms with E-state index in [9.17, 15) is 0 Å². The normalized spacial score (nSPS) is 17.4. The minimum atomic E-state index is 0.161. The smallest absolute Gasteiger partial charge is 0.300 e. The lowest BCUT2D eigenvalue weighted by molar-refractivity contribution is 0.262. The number of rotatable bonds is 5. The van der Waals surface area contributed by atoms with Crippen molar-refractivity contribution in [2.75, 3.05) is 13.2 Å². The number of hydrogen-bond donors (Lipinski definition) is 0. The summed E-state index contributed by atoms with van der Waals surface area (Å²) >= 11 is 0. The Morgan fingerprint density at radius 1 is 1.03 bits per heavy atom. The van der Waals surface area contributed by atoms with Crippen molar-refractivity contribution in [2.24, 2.45) is 9.98 Å². The molecule has 0 N–H and O–H groups in total. The molecule has 0 radical (unpaired) electrons. The van der Waals surface area contributed by atoms with Crippen LogP contribution in [0, 0.1) is 0 Å². The standard InChI is InChI=1S/C23H23N5O/c1-2-13-29-23-26-22-20(15-24-28(22)19-11-7-4-8-12-19)21-25-18(16-27(21)23)14-17-9-5-3-6-10-17/h3-12,15,18H,2,13-14,16H2,1H3. The summed E-state index contributed by atoms with van der Waals surface area (Å²) in [4.78, 5) is 12.0. The summed E-state index contributed by atoms with van der Waals surface area (Å²) in [6.45, 7) is 3.49. The zero-order valence-corrected chi connectivity index (χ0v) is 16.4. The van der Waals surface area contributed by atoms with Crippen molar-refractivity contribution in [3.05, 3.63) is 78.0 Å². The molecule has 0 saturated heterocycles. The zero-order valence-electron chi connectivity index (χ0n) is 16.4. The van der Waals surface area contributed by atoms with E-state index in [0.717, 1.165) is 42.3 Å². The average molecular weight is 385 g/mol. The predicted molar refractivity (Wildman–Crippen MR) is 114 cm³/mol. The van der Waals surface area contributed by atoms with Crippen LogP contribution >= 0.6 is 0 Å². The van der Waals surface area contributed by atoms with E-state index in [-0.39, 0.29) is 6.04 Å². The molecule has 0 fully saturated rings. The average Bonchev–Trinajstić information content (AvgIpc) is 3.37. The molecule has 1 unspecified atom stereocenters. The van der Waals surface area contributed by atoms with Gasteiger partial charge in [0.15, 0.2) is 5.82 Å². The van der Waals surface area contributed by atoms with Gasteiger partial charge in [0.05, 0.1) is 36.6 Å². The number of amidine groups is 2. The van der Waals surface area contributed by atoms with Crippen molar-refractivity contribution in [1.29, 1.82) is 0 Å². The molecule has 6 heteroatoms. The maximum Gasteiger partial charge on any atom is 0.300 e. The Bertz CT molecular complexity index is 1060. The predicted octanol–water partition coefficient (Wildman–Crippen LogP) is 3.97. The Hall–Kier alpha value is -3.41. The van der Waals surface area contributed by atoms with Gasteiger partial charge in [-0.3, -0.25) is 9.89 Å². The summed E-state index contributed by atoms with van der Waals surface area (Å²) < 4.78 is 7.87. The van der Waals surface area contributed by atoms with Crippen LogP contribution in [0.3, 0.4) is 0 Å². The van der Waals surface area contributed by atoms with E-state index in [1.54, 1.807) is 0 Å². The molecule has 0 aliphatic carbocycles. The van der Waals surface area contributed by atoms with Gasteiger partial charge in [-0.2, -0.15) is 10.1 Å². The van der Waals surface area contributed by atoms with Gasteiger partial charge >= 0.3 is 0 Å². The maximum atomic E-state index is 6.02. The Morgan fingerprint density at radius 2 is 1.79 bits per heavy atom. The van der Waals surface area contributed by atoms with Crippen molar-refractivity contribution in [1.82, 2.24) is 14.7 Å². The largest absolute Gasteiger partial charge is 0.465 e. The Morgan fingerprint density at radius 3 is 2.55 bits per heavy atom. The second kappa shape index (κ2) is 7.54. The molecule has 0 spiro atoms. The lowest BCUT2D eigenvalue weighted by Crippen LogP contribution is -2.40. The number of hydrogen-bond acceptors (Lipinski definition) is 5. The lowest BCUT2D eigenvalue weighted by Gasteiger charge is -2.25. The van der Waals surface area contributed by atoms with Crippen LogP contribution in [-0.2, 0) is 11.2 Å². The summed E-state index contributed by atoms with van der Waals surface area (Å²) in [7, 11) is 0. The quantitative estimate of drug-likeness (QED) is 0.668. The van der Waals surface area contributed by atoms with Gasteiger partial charge in [0.1, 0.15) is 5.84 Å². The van der Waals surface area contributed by atoms with Gasteiger partial charge in [-0.05, 0) is 30.5 Å². The molecule has 6 nitrogen and oxygen atoms in total. The molecule has 2 aliphatic rings. The molecule has 3 heterocycles. The number of aliphatic imine (C=N–C) groups is 2. The van der Waals surface area contributed by atoms with Crippen molar-refractivity contribution in [2.45, 2.75) is 25.8 Å². The van der Waals surface area contributed by atoms with Crippen LogP contribution in [0.25, 0.3) is 5.69 Å². The summed E-state index contributed by atoms with van der Waals surface area (Å²) in [6.07, 6.45) is 3.68. The first-order chi connectivity index (χ1) is 14.3. The Balaban J connectivity index is 1.53. The second-order valence-electron chi connectivity index (χ2n) is 7.28. The van der Waals surface area contributed by atoms with Crippen LogP contribution in [0.15, 0.2) is 76.8 Å². The van der Waals surface area contributed by atoms with E-state index in [2.05, 4.69) is 41.2 Å². The molecule has 1 atom stereocenters. The zero-order chi connectivity index (χ0) is 19.6. The van der Waals surface area contributed by atoms with E-state index >= 15 is 0 Å². The molecule has 0 bridgehead atoms. The highest BCUT2D eigenvalue weighted by atomic mass is 16.5. The molecule has 0 amide bonds. The van der Waals surface area contributed by atoms with E-state index < -0.39 is 0 Å². The van der Waals surface area contributed by atoms with Crippen LogP contribution in [0.4, 0.5) is 5.82 Å². The SMILES string of the molecule is CCCOC1=Nc2c(cnn2-c2ccccc2)C2=NC(Cc3ccccc3)CN12. The fourth-order valence-corrected chi connectivity index (χ4v) is 3.78. The van der Waals surface area contributed by atoms with Crippen LogP contribution < -0.4 is 0 Å². The highest BCUT2D eigenvalue weighted by Gasteiger charge is 2.37. The third-order valence-corrected chi connectivity index (χ3v) is 5.12. The number of fused-ring (bicyclic) bond motifs is 3. The number of nitrogens with zero attached hydrogens (tertiary/aromatic N) is 5. The first-order valence-corrected chi connectivity index (χ1v) is 10.1. The van der Waals surface area contributed by atoms with Gasteiger partial charge < -0.3 is 4.74 Å². The van der Waals surface area contributed by atoms with Gasteiger partial charge in [-0.1, -0.05) is 55.5 Å². The monoisotopic (exact) mass is 385 g/mol. The third kappa shape index (κ3) is 3.31. The van der Waals surface area contributed by atoms with E-state index in [4.69, 9.17) is 14.7 Å². The third-order valence-electron chi connectivity index (χ3n) is 5.12. The molecule has 2 aromatic carbocycles. The van der Waals surface area contributed by atoms with Gasteiger partial charge in [0, 0.05) is 0 Å². The number of ether oxygens (including phenoxy) is 1. The molecule has 0 saturated carbocycles. The van der Waals surface area contributed by atoms with Crippen molar-refractivity contribution in [3.63, 3.8) is 0 Å². The molecule has 146 valence electrons. The summed E-state index contributed by atoms with van der Waals surface area (Å²) in [6, 6.07) is 21.3. The van der Waals surface area contributed by atoms with Crippen molar-refractivity contribution >= 4 is 17.7 Å². The molecule has 3 aromatic rings. The second-order valence-corrected chi connectivity index (χ2v) is 7.28. The van der Waals surface area contributed by atoms with Crippen LogP contribution in [0.1, 0.15) is 24.5 Å². The summed E-state index contributed by atoms with van der Waals surface area (Å²) in [5, 5.41) is 4.60. The highest BCUT2D eigenvalue weighted by molar-refractivity contribution is 6.14. The Kier molecular flexibility index (Phi) is 4.60. The van der Waals surface area contributed by atoms with Crippen LogP contribution in [0.5, 0.6) is 0 Å². The summed E-state index contributed by atoms with van der Waals surface area (Å²) in [5.41, 5.74) is 3.21. The number of benzene rings is 2. The van der Waals surface area contributed by atoms with Crippen LogP contribution in [0.2, 0.25) is 0 Å². The molecule has 29 heavy (non-hydrogen) atoms. The van der Waals surface area contributed by atoms with Crippen LogP contribution in [-0.4, -0.2) is 45.7 Å². The lowest BCUT2D eigenvalue weighted by atomic mass is 10.1. The number of para-hydroxylation sites is 1. The first kappa shape index (κ1) is 17.7.